The van der Waals surface area contributed by atoms with Crippen LogP contribution in [-0.2, 0) is 0 Å². The van der Waals surface area contributed by atoms with Crippen molar-refractivity contribution in [3.63, 3.8) is 0 Å². The smallest absolute Gasteiger partial charge is 0.0354 e. The lowest BCUT2D eigenvalue weighted by molar-refractivity contribution is 0.424. The SMILES string of the molecule is CCNC(c1ccc2ccccc2c1)C1CC1(C)C. The molecular weight excluding hydrogens is 230 g/mol. The molecule has 0 amide bonds. The third kappa shape index (κ3) is 2.40. The van der Waals surface area contributed by atoms with E-state index in [4.69, 9.17) is 0 Å². The van der Waals surface area contributed by atoms with Gasteiger partial charge in [-0.3, -0.25) is 0 Å². The van der Waals surface area contributed by atoms with Crippen LogP contribution in [0.3, 0.4) is 0 Å². The van der Waals surface area contributed by atoms with Crippen molar-refractivity contribution in [1.82, 2.24) is 5.32 Å². The molecule has 0 aliphatic heterocycles. The van der Waals surface area contributed by atoms with Gasteiger partial charge in [0.25, 0.3) is 0 Å². The fourth-order valence-electron chi connectivity index (χ4n) is 3.19. The highest BCUT2D eigenvalue weighted by molar-refractivity contribution is 5.83. The van der Waals surface area contributed by atoms with Gasteiger partial charge in [0.05, 0.1) is 0 Å². The monoisotopic (exact) mass is 253 g/mol. The van der Waals surface area contributed by atoms with Gasteiger partial charge in [0.1, 0.15) is 0 Å². The van der Waals surface area contributed by atoms with Crippen molar-refractivity contribution in [3.8, 4) is 0 Å². The Hall–Kier alpha value is -1.34. The fraction of sp³-hybridized carbons (Fsp3) is 0.444. The first kappa shape index (κ1) is 12.7. The van der Waals surface area contributed by atoms with Gasteiger partial charge in [0.2, 0.25) is 0 Å². The topological polar surface area (TPSA) is 12.0 Å². The fourth-order valence-corrected chi connectivity index (χ4v) is 3.19. The first-order chi connectivity index (χ1) is 9.12. The maximum absolute atomic E-state index is 3.68. The minimum Gasteiger partial charge on any atom is -0.310 e. The summed E-state index contributed by atoms with van der Waals surface area (Å²) in [6.45, 7) is 7.99. The van der Waals surface area contributed by atoms with E-state index in [-0.39, 0.29) is 0 Å². The van der Waals surface area contributed by atoms with Crippen LogP contribution in [-0.4, -0.2) is 6.54 Å². The molecule has 0 bridgehead atoms. The van der Waals surface area contributed by atoms with E-state index in [0.29, 0.717) is 11.5 Å². The summed E-state index contributed by atoms with van der Waals surface area (Å²) >= 11 is 0. The van der Waals surface area contributed by atoms with E-state index in [1.807, 2.05) is 0 Å². The second-order valence-electron chi connectivity index (χ2n) is 6.44. The predicted molar refractivity (Wildman–Crippen MR) is 82.3 cm³/mol. The Bertz CT molecular complexity index is 585. The zero-order chi connectivity index (χ0) is 13.5. The molecule has 2 aromatic carbocycles. The van der Waals surface area contributed by atoms with Crippen LogP contribution < -0.4 is 5.32 Å². The molecule has 1 aliphatic carbocycles. The molecule has 0 heterocycles. The van der Waals surface area contributed by atoms with E-state index in [2.05, 4.69) is 68.6 Å². The zero-order valence-electron chi connectivity index (χ0n) is 12.1. The van der Waals surface area contributed by atoms with Crippen molar-refractivity contribution in [3.05, 3.63) is 48.0 Å². The van der Waals surface area contributed by atoms with Crippen LogP contribution >= 0.6 is 0 Å². The van der Waals surface area contributed by atoms with Gasteiger partial charge in [-0.15, -0.1) is 0 Å². The highest BCUT2D eigenvalue weighted by atomic mass is 14.9. The van der Waals surface area contributed by atoms with Gasteiger partial charge >= 0.3 is 0 Å². The standard InChI is InChI=1S/C18H23N/c1-4-19-17(16-12-18(16,2)3)15-10-9-13-7-5-6-8-14(13)11-15/h5-11,16-17,19H,4,12H2,1-3H3. The lowest BCUT2D eigenvalue weighted by Gasteiger charge is -2.20. The third-order valence-corrected chi connectivity index (χ3v) is 4.55. The van der Waals surface area contributed by atoms with Gasteiger partial charge in [-0.1, -0.05) is 57.2 Å². The summed E-state index contributed by atoms with van der Waals surface area (Å²) in [6.07, 6.45) is 1.33. The molecule has 3 rings (SSSR count). The molecule has 0 spiro atoms. The van der Waals surface area contributed by atoms with Gasteiger partial charge in [-0.05, 0) is 46.7 Å². The quantitative estimate of drug-likeness (QED) is 0.843. The molecular formula is C18H23N. The van der Waals surface area contributed by atoms with Crippen molar-refractivity contribution in [2.45, 2.75) is 33.2 Å². The average Bonchev–Trinajstić information content (AvgIpc) is 3.04. The molecule has 2 unspecified atom stereocenters. The number of hydrogen-bond donors (Lipinski definition) is 1. The van der Waals surface area contributed by atoms with E-state index >= 15 is 0 Å². The number of benzene rings is 2. The van der Waals surface area contributed by atoms with Crippen LogP contribution in [0, 0.1) is 11.3 Å². The van der Waals surface area contributed by atoms with Crippen LogP contribution in [0.4, 0.5) is 0 Å². The number of rotatable bonds is 4. The van der Waals surface area contributed by atoms with Crippen molar-refractivity contribution in [2.24, 2.45) is 11.3 Å². The Morgan fingerprint density at radius 3 is 2.47 bits per heavy atom. The molecule has 0 radical (unpaired) electrons. The summed E-state index contributed by atoms with van der Waals surface area (Å²) in [5, 5.41) is 6.36. The summed E-state index contributed by atoms with van der Waals surface area (Å²) in [6, 6.07) is 16.0. The van der Waals surface area contributed by atoms with E-state index in [0.717, 1.165) is 12.5 Å². The van der Waals surface area contributed by atoms with E-state index in [1.165, 1.54) is 22.8 Å². The Morgan fingerprint density at radius 2 is 1.84 bits per heavy atom. The van der Waals surface area contributed by atoms with Gasteiger partial charge in [-0.25, -0.2) is 0 Å². The molecule has 100 valence electrons. The van der Waals surface area contributed by atoms with E-state index < -0.39 is 0 Å². The second-order valence-corrected chi connectivity index (χ2v) is 6.44. The first-order valence-corrected chi connectivity index (χ1v) is 7.34. The second kappa shape index (κ2) is 4.64. The molecule has 1 nitrogen and oxygen atoms in total. The normalized spacial score (nSPS) is 22.4. The molecule has 1 aliphatic rings. The summed E-state index contributed by atoms with van der Waals surface area (Å²) in [5.74, 6) is 0.772. The van der Waals surface area contributed by atoms with Gasteiger partial charge < -0.3 is 5.32 Å². The van der Waals surface area contributed by atoms with Gasteiger partial charge in [0.15, 0.2) is 0 Å². The zero-order valence-corrected chi connectivity index (χ0v) is 12.1. The molecule has 1 N–H and O–H groups in total. The van der Waals surface area contributed by atoms with Crippen molar-refractivity contribution in [2.75, 3.05) is 6.54 Å². The molecule has 2 aromatic rings. The van der Waals surface area contributed by atoms with Crippen LogP contribution in [0.25, 0.3) is 10.8 Å². The first-order valence-electron chi connectivity index (χ1n) is 7.34. The van der Waals surface area contributed by atoms with E-state index in [1.54, 1.807) is 0 Å². The summed E-state index contributed by atoms with van der Waals surface area (Å²) in [5.41, 5.74) is 1.94. The predicted octanol–water partition coefficient (Wildman–Crippen LogP) is 4.54. The Kier molecular flexibility index (Phi) is 3.10. The minimum absolute atomic E-state index is 0.498. The van der Waals surface area contributed by atoms with Crippen LogP contribution in [0.5, 0.6) is 0 Å². The Morgan fingerprint density at radius 1 is 1.16 bits per heavy atom. The molecule has 1 heteroatoms. The summed E-state index contributed by atoms with van der Waals surface area (Å²) in [4.78, 5) is 0. The highest BCUT2D eigenvalue weighted by Crippen LogP contribution is 2.57. The maximum atomic E-state index is 3.68. The summed E-state index contributed by atoms with van der Waals surface area (Å²) < 4.78 is 0. The Labute approximate surface area is 116 Å². The number of fused-ring (bicyclic) bond motifs is 1. The van der Waals surface area contributed by atoms with Crippen molar-refractivity contribution < 1.29 is 0 Å². The maximum Gasteiger partial charge on any atom is 0.0354 e. The Balaban J connectivity index is 1.96. The van der Waals surface area contributed by atoms with Crippen molar-refractivity contribution >= 4 is 10.8 Å². The molecule has 19 heavy (non-hydrogen) atoms. The molecule has 1 fully saturated rings. The lowest BCUT2D eigenvalue weighted by Crippen LogP contribution is -2.24. The molecule has 0 aromatic heterocycles. The number of nitrogens with one attached hydrogen (secondary N) is 1. The average molecular weight is 253 g/mol. The van der Waals surface area contributed by atoms with Gasteiger partial charge in [-0.2, -0.15) is 0 Å². The minimum atomic E-state index is 0.498. The lowest BCUT2D eigenvalue weighted by atomic mass is 9.95. The van der Waals surface area contributed by atoms with Crippen LogP contribution in [0.15, 0.2) is 42.5 Å². The summed E-state index contributed by atoms with van der Waals surface area (Å²) in [7, 11) is 0. The van der Waals surface area contributed by atoms with Gasteiger partial charge in [0, 0.05) is 6.04 Å². The third-order valence-electron chi connectivity index (χ3n) is 4.55. The molecule has 2 atom stereocenters. The van der Waals surface area contributed by atoms with Crippen LogP contribution in [0.2, 0.25) is 0 Å². The van der Waals surface area contributed by atoms with E-state index in [9.17, 15) is 0 Å². The number of hydrogen-bond acceptors (Lipinski definition) is 1. The molecule has 0 saturated heterocycles. The van der Waals surface area contributed by atoms with Crippen LogP contribution in [0.1, 0.15) is 38.8 Å². The highest BCUT2D eigenvalue weighted by Gasteiger charge is 2.50. The molecule has 1 saturated carbocycles. The largest absolute Gasteiger partial charge is 0.310 e. The van der Waals surface area contributed by atoms with Crippen molar-refractivity contribution in [1.29, 1.82) is 0 Å².